The summed E-state index contributed by atoms with van der Waals surface area (Å²) < 4.78 is 5.64. The third-order valence-corrected chi connectivity index (χ3v) is 5.29. The molecule has 0 aliphatic carbocycles. The Balaban J connectivity index is 1.54. The van der Waals surface area contributed by atoms with Crippen LogP contribution in [-0.4, -0.2) is 30.5 Å². The van der Waals surface area contributed by atoms with Gasteiger partial charge in [0.1, 0.15) is 5.75 Å². The summed E-state index contributed by atoms with van der Waals surface area (Å²) in [4.78, 5) is 36.6. The maximum absolute atomic E-state index is 12.3. The van der Waals surface area contributed by atoms with E-state index in [1.807, 2.05) is 51.1 Å². The van der Waals surface area contributed by atoms with Gasteiger partial charge >= 0.3 is 11.8 Å². The van der Waals surface area contributed by atoms with Crippen LogP contribution in [0.25, 0.3) is 0 Å². The number of benzene rings is 3. The number of nitrogens with one attached hydrogen (secondary N) is 3. The molecule has 3 aromatic rings. The summed E-state index contributed by atoms with van der Waals surface area (Å²) in [5.74, 6) is -1.63. The van der Waals surface area contributed by atoms with E-state index in [0.29, 0.717) is 22.7 Å². The number of rotatable bonds is 8. The molecule has 35 heavy (non-hydrogen) atoms. The fraction of sp³-hybridized carbons (Fsp3) is 0.185. The number of carbonyl (C=O) groups excluding carboxylic acids is 3. The molecule has 0 fully saturated rings. The monoisotopic (exact) mass is 472 g/mol. The predicted molar refractivity (Wildman–Crippen MR) is 137 cm³/mol. The van der Waals surface area contributed by atoms with Gasteiger partial charge in [0.15, 0.2) is 6.61 Å². The van der Waals surface area contributed by atoms with Crippen LogP contribution in [0.4, 0.5) is 11.4 Å². The first kappa shape index (κ1) is 25.2. The standard InChI is InChI=1S/C27H28N4O4/c1-4-20-9-5-7-11-23(20)30-26(33)27(34)31-28-16-21-10-6-8-12-24(21)35-17-25(32)29-22-14-13-18(2)19(3)15-22/h5-16H,4,17H2,1-3H3,(H,29,32)(H,30,33)(H,31,34)/b28-16-. The van der Waals surface area contributed by atoms with Crippen LogP contribution in [0.5, 0.6) is 5.75 Å². The number of hydrazone groups is 1. The lowest BCUT2D eigenvalue weighted by Crippen LogP contribution is -2.32. The zero-order chi connectivity index (χ0) is 25.2. The summed E-state index contributed by atoms with van der Waals surface area (Å²) in [7, 11) is 0. The number of amides is 3. The number of anilines is 2. The molecule has 3 aromatic carbocycles. The van der Waals surface area contributed by atoms with Crippen LogP contribution in [0.2, 0.25) is 0 Å². The molecule has 0 aliphatic heterocycles. The minimum absolute atomic E-state index is 0.205. The third kappa shape index (κ3) is 7.26. The van der Waals surface area contributed by atoms with Gasteiger partial charge in [0.05, 0.1) is 6.21 Å². The molecule has 3 N–H and O–H groups in total. The van der Waals surface area contributed by atoms with Gasteiger partial charge in [-0.3, -0.25) is 14.4 Å². The average molecular weight is 473 g/mol. The molecule has 3 rings (SSSR count). The molecule has 0 radical (unpaired) electrons. The second kappa shape index (κ2) is 12.1. The SMILES string of the molecule is CCc1ccccc1NC(=O)C(=O)N/N=C\c1ccccc1OCC(=O)Nc1ccc(C)c(C)c1. The second-order valence-electron chi connectivity index (χ2n) is 7.84. The van der Waals surface area contributed by atoms with Crippen molar-refractivity contribution in [3.8, 4) is 5.75 Å². The Kier molecular flexibility index (Phi) is 8.72. The Bertz CT molecular complexity index is 1250. The van der Waals surface area contributed by atoms with Gasteiger partial charge in [-0.1, -0.05) is 43.3 Å². The highest BCUT2D eigenvalue weighted by atomic mass is 16.5. The molecular formula is C27H28N4O4. The largest absolute Gasteiger partial charge is 0.483 e. The molecule has 0 unspecified atom stereocenters. The number of aryl methyl sites for hydroxylation is 3. The van der Waals surface area contributed by atoms with E-state index in [1.54, 1.807) is 36.4 Å². The fourth-order valence-electron chi connectivity index (χ4n) is 3.22. The summed E-state index contributed by atoms with van der Waals surface area (Å²) in [6, 6.07) is 19.8. The Labute approximate surface area is 204 Å². The van der Waals surface area contributed by atoms with E-state index < -0.39 is 11.8 Å². The van der Waals surface area contributed by atoms with Gasteiger partial charge in [0, 0.05) is 16.9 Å². The van der Waals surface area contributed by atoms with Crippen LogP contribution in [0.15, 0.2) is 71.8 Å². The topological polar surface area (TPSA) is 109 Å². The maximum Gasteiger partial charge on any atom is 0.329 e. The Morgan fingerprint density at radius 3 is 2.40 bits per heavy atom. The van der Waals surface area contributed by atoms with Crippen molar-refractivity contribution in [2.24, 2.45) is 5.10 Å². The molecule has 0 saturated heterocycles. The molecule has 0 heterocycles. The van der Waals surface area contributed by atoms with E-state index in [2.05, 4.69) is 21.2 Å². The summed E-state index contributed by atoms with van der Waals surface area (Å²) in [5, 5.41) is 9.24. The number of carbonyl (C=O) groups is 3. The number of ether oxygens (including phenoxy) is 1. The van der Waals surface area contributed by atoms with Gasteiger partial charge < -0.3 is 15.4 Å². The van der Waals surface area contributed by atoms with Crippen molar-refractivity contribution in [1.29, 1.82) is 0 Å². The highest BCUT2D eigenvalue weighted by Crippen LogP contribution is 2.17. The van der Waals surface area contributed by atoms with Gasteiger partial charge in [-0.15, -0.1) is 0 Å². The lowest BCUT2D eigenvalue weighted by Gasteiger charge is -2.10. The molecule has 8 heteroatoms. The van der Waals surface area contributed by atoms with Crippen LogP contribution in [0.3, 0.4) is 0 Å². The first-order valence-electron chi connectivity index (χ1n) is 11.2. The highest BCUT2D eigenvalue weighted by molar-refractivity contribution is 6.39. The van der Waals surface area contributed by atoms with Gasteiger partial charge in [-0.2, -0.15) is 5.10 Å². The smallest absolute Gasteiger partial charge is 0.329 e. The minimum atomic E-state index is -0.904. The van der Waals surface area contributed by atoms with Crippen molar-refractivity contribution in [2.75, 3.05) is 17.2 Å². The highest BCUT2D eigenvalue weighted by Gasteiger charge is 2.14. The van der Waals surface area contributed by atoms with Crippen molar-refractivity contribution < 1.29 is 19.1 Å². The Morgan fingerprint density at radius 2 is 1.63 bits per heavy atom. The van der Waals surface area contributed by atoms with E-state index in [1.165, 1.54) is 6.21 Å². The normalized spacial score (nSPS) is 10.6. The molecule has 0 saturated carbocycles. The summed E-state index contributed by atoms with van der Waals surface area (Å²) in [6.07, 6.45) is 2.07. The van der Waals surface area contributed by atoms with Crippen molar-refractivity contribution in [2.45, 2.75) is 27.2 Å². The predicted octanol–water partition coefficient (Wildman–Crippen LogP) is 3.97. The summed E-state index contributed by atoms with van der Waals surface area (Å²) >= 11 is 0. The minimum Gasteiger partial charge on any atom is -0.483 e. The van der Waals surface area contributed by atoms with E-state index in [4.69, 9.17) is 4.74 Å². The number of nitrogens with zero attached hydrogens (tertiary/aromatic N) is 1. The zero-order valence-electron chi connectivity index (χ0n) is 19.9. The molecular weight excluding hydrogens is 444 g/mol. The lowest BCUT2D eigenvalue weighted by atomic mass is 10.1. The van der Waals surface area contributed by atoms with Gasteiger partial charge in [0.2, 0.25) is 0 Å². The van der Waals surface area contributed by atoms with E-state index in [9.17, 15) is 14.4 Å². The van der Waals surface area contributed by atoms with Crippen LogP contribution >= 0.6 is 0 Å². The summed E-state index contributed by atoms with van der Waals surface area (Å²) in [6.45, 7) is 5.73. The maximum atomic E-state index is 12.3. The van der Waals surface area contributed by atoms with Gasteiger partial charge in [0.25, 0.3) is 5.91 Å². The molecule has 0 atom stereocenters. The van der Waals surface area contributed by atoms with Gasteiger partial charge in [-0.05, 0) is 67.3 Å². The van der Waals surface area contributed by atoms with E-state index in [0.717, 1.165) is 23.1 Å². The average Bonchev–Trinajstić information content (AvgIpc) is 2.86. The molecule has 0 aliphatic rings. The first-order valence-corrected chi connectivity index (χ1v) is 11.2. The zero-order valence-corrected chi connectivity index (χ0v) is 19.9. The van der Waals surface area contributed by atoms with Crippen molar-refractivity contribution in [3.05, 3.63) is 89.0 Å². The fourth-order valence-corrected chi connectivity index (χ4v) is 3.22. The van der Waals surface area contributed by atoms with E-state index in [-0.39, 0.29) is 12.5 Å². The summed E-state index contributed by atoms with van der Waals surface area (Å²) in [5.41, 5.74) is 7.15. The third-order valence-electron chi connectivity index (χ3n) is 5.29. The number of hydrogen-bond acceptors (Lipinski definition) is 5. The Morgan fingerprint density at radius 1 is 0.886 bits per heavy atom. The van der Waals surface area contributed by atoms with Crippen LogP contribution in [-0.2, 0) is 20.8 Å². The molecule has 0 spiro atoms. The Hall–Kier alpha value is -4.46. The van der Waals surface area contributed by atoms with E-state index >= 15 is 0 Å². The lowest BCUT2D eigenvalue weighted by molar-refractivity contribution is -0.136. The first-order chi connectivity index (χ1) is 16.9. The van der Waals surface area contributed by atoms with Crippen LogP contribution < -0.4 is 20.8 Å². The van der Waals surface area contributed by atoms with Crippen LogP contribution in [0, 0.1) is 13.8 Å². The van der Waals surface area contributed by atoms with Crippen LogP contribution in [0.1, 0.15) is 29.2 Å². The molecule has 3 amide bonds. The molecule has 0 bridgehead atoms. The molecule has 8 nitrogen and oxygen atoms in total. The van der Waals surface area contributed by atoms with Crippen molar-refractivity contribution in [1.82, 2.24) is 5.43 Å². The molecule has 180 valence electrons. The molecule has 0 aromatic heterocycles. The second-order valence-corrected chi connectivity index (χ2v) is 7.84. The van der Waals surface area contributed by atoms with Crippen molar-refractivity contribution in [3.63, 3.8) is 0 Å². The van der Waals surface area contributed by atoms with Gasteiger partial charge in [-0.25, -0.2) is 5.43 Å². The quantitative estimate of drug-likeness (QED) is 0.262. The number of hydrogen-bond donors (Lipinski definition) is 3. The number of para-hydroxylation sites is 2. The van der Waals surface area contributed by atoms with Crippen molar-refractivity contribution >= 4 is 35.3 Å².